The van der Waals surface area contributed by atoms with Gasteiger partial charge in [-0.1, -0.05) is 0 Å². The molecule has 0 aliphatic rings. The minimum atomic E-state index is 0.555. The number of hydrogen-bond donors (Lipinski definition) is 0. The van der Waals surface area contributed by atoms with Crippen LogP contribution in [-0.2, 0) is 0 Å². The van der Waals surface area contributed by atoms with E-state index in [1.165, 1.54) is 0 Å². The first-order valence-electron chi connectivity index (χ1n) is 2.54. The quantitative estimate of drug-likeness (QED) is 0.694. The molecule has 0 spiro atoms. The number of hydrogen-bond acceptors (Lipinski definition) is 2. The van der Waals surface area contributed by atoms with Gasteiger partial charge in [0.2, 0.25) is 0 Å². The first-order chi connectivity index (χ1) is 4.86. The third-order valence-electron chi connectivity index (χ3n) is 1.00. The van der Waals surface area contributed by atoms with E-state index < -0.39 is 0 Å². The SMILES string of the molecule is ClOc1ccc(OCl)cc1. The van der Waals surface area contributed by atoms with Crippen LogP contribution in [0.15, 0.2) is 24.3 Å². The predicted octanol–water partition coefficient (Wildman–Crippen LogP) is 2.75. The molecule has 1 aromatic carbocycles. The second kappa shape index (κ2) is 3.54. The Labute approximate surface area is 68.6 Å². The molecule has 0 aliphatic carbocycles. The molecule has 0 amide bonds. The van der Waals surface area contributed by atoms with Crippen LogP contribution in [-0.4, -0.2) is 0 Å². The zero-order valence-corrected chi connectivity index (χ0v) is 6.39. The molecule has 0 bridgehead atoms. The molecule has 0 radical (unpaired) electrons. The lowest BCUT2D eigenvalue weighted by molar-refractivity contribution is 0.601. The van der Waals surface area contributed by atoms with E-state index in [4.69, 9.17) is 23.7 Å². The van der Waals surface area contributed by atoms with Crippen LogP contribution < -0.4 is 8.58 Å². The summed E-state index contributed by atoms with van der Waals surface area (Å²) in [5, 5.41) is 0. The maximum atomic E-state index is 5.05. The molecule has 1 aromatic rings. The normalized spacial score (nSPS) is 9.00. The fourth-order valence-electron chi connectivity index (χ4n) is 0.543. The van der Waals surface area contributed by atoms with Crippen molar-refractivity contribution in [3.63, 3.8) is 0 Å². The summed E-state index contributed by atoms with van der Waals surface area (Å²) < 4.78 is 8.77. The monoisotopic (exact) mass is 178 g/mol. The van der Waals surface area contributed by atoms with Crippen LogP contribution in [0.4, 0.5) is 0 Å². The largest absolute Gasteiger partial charge is 0.386 e. The Balaban J connectivity index is 2.80. The Morgan fingerprint density at radius 1 is 0.800 bits per heavy atom. The molecular weight excluding hydrogens is 175 g/mol. The highest BCUT2D eigenvalue weighted by Gasteiger charge is 1.92. The first-order valence-corrected chi connectivity index (χ1v) is 3.16. The maximum absolute atomic E-state index is 5.05. The summed E-state index contributed by atoms with van der Waals surface area (Å²) in [6.45, 7) is 0. The molecule has 1 rings (SSSR count). The molecule has 0 fully saturated rings. The van der Waals surface area contributed by atoms with Gasteiger partial charge in [-0.3, -0.25) is 0 Å². The first kappa shape index (κ1) is 7.51. The van der Waals surface area contributed by atoms with Gasteiger partial charge in [-0.05, 0) is 24.3 Å². The van der Waals surface area contributed by atoms with Gasteiger partial charge in [-0.25, -0.2) is 0 Å². The van der Waals surface area contributed by atoms with Gasteiger partial charge in [0.15, 0.2) is 0 Å². The van der Waals surface area contributed by atoms with Crippen molar-refractivity contribution in [2.75, 3.05) is 0 Å². The average molecular weight is 179 g/mol. The maximum Gasteiger partial charge on any atom is 0.146 e. The third-order valence-corrected chi connectivity index (χ3v) is 1.36. The van der Waals surface area contributed by atoms with Crippen LogP contribution in [0.1, 0.15) is 0 Å². The molecule has 2 nitrogen and oxygen atoms in total. The fraction of sp³-hybridized carbons (Fsp3) is 0. The molecule has 4 heteroatoms. The lowest BCUT2D eigenvalue weighted by atomic mass is 10.3. The molecule has 10 heavy (non-hydrogen) atoms. The van der Waals surface area contributed by atoms with Crippen molar-refractivity contribution in [2.45, 2.75) is 0 Å². The van der Waals surface area contributed by atoms with E-state index in [-0.39, 0.29) is 0 Å². The van der Waals surface area contributed by atoms with Crippen LogP contribution in [0.25, 0.3) is 0 Å². The molecule has 0 atom stereocenters. The zero-order chi connectivity index (χ0) is 7.40. The van der Waals surface area contributed by atoms with Crippen molar-refractivity contribution in [3.8, 4) is 11.5 Å². The lowest BCUT2D eigenvalue weighted by Crippen LogP contribution is -1.75. The highest BCUT2D eigenvalue weighted by molar-refractivity contribution is 6.09. The van der Waals surface area contributed by atoms with Crippen LogP contribution in [0.3, 0.4) is 0 Å². The summed E-state index contributed by atoms with van der Waals surface area (Å²) in [5.74, 6) is 1.11. The van der Waals surface area contributed by atoms with Crippen LogP contribution >= 0.6 is 23.7 Å². The molecule has 0 N–H and O–H groups in total. The molecular formula is C6H4Cl2O2. The van der Waals surface area contributed by atoms with Crippen LogP contribution in [0.2, 0.25) is 0 Å². The van der Waals surface area contributed by atoms with Crippen molar-refractivity contribution in [2.24, 2.45) is 0 Å². The van der Waals surface area contributed by atoms with E-state index >= 15 is 0 Å². The Morgan fingerprint density at radius 2 is 1.10 bits per heavy atom. The summed E-state index contributed by atoms with van der Waals surface area (Å²) in [4.78, 5) is 0. The van der Waals surface area contributed by atoms with E-state index in [0.29, 0.717) is 11.5 Å². The lowest BCUT2D eigenvalue weighted by Gasteiger charge is -1.95. The van der Waals surface area contributed by atoms with E-state index in [1.807, 2.05) is 0 Å². The van der Waals surface area contributed by atoms with Gasteiger partial charge in [0.25, 0.3) is 0 Å². The standard InChI is InChI=1S/C6H4Cl2O2/c7-9-5-1-2-6(10-8)4-3-5/h1-4H. The Morgan fingerprint density at radius 3 is 1.30 bits per heavy atom. The van der Waals surface area contributed by atoms with Gasteiger partial charge in [-0.15, -0.1) is 0 Å². The summed E-state index contributed by atoms with van der Waals surface area (Å²) in [7, 11) is 0. The van der Waals surface area contributed by atoms with Crippen molar-refractivity contribution in [3.05, 3.63) is 24.3 Å². The Hall–Kier alpha value is -0.600. The van der Waals surface area contributed by atoms with Gasteiger partial charge < -0.3 is 8.58 Å². The highest BCUT2D eigenvalue weighted by atomic mass is 35.5. The number of halogens is 2. The topological polar surface area (TPSA) is 18.5 Å². The second-order valence-corrected chi connectivity index (χ2v) is 1.93. The van der Waals surface area contributed by atoms with Crippen molar-refractivity contribution >= 4 is 23.7 Å². The van der Waals surface area contributed by atoms with Crippen LogP contribution in [0.5, 0.6) is 11.5 Å². The average Bonchev–Trinajstić information content (AvgIpc) is 2.05. The minimum Gasteiger partial charge on any atom is -0.386 e. The third kappa shape index (κ3) is 1.69. The summed E-state index contributed by atoms with van der Waals surface area (Å²) in [6, 6.07) is 6.57. The molecule has 0 heterocycles. The fourth-order valence-corrected chi connectivity index (χ4v) is 0.748. The zero-order valence-electron chi connectivity index (χ0n) is 4.88. The molecule has 0 unspecified atom stereocenters. The summed E-state index contributed by atoms with van der Waals surface area (Å²) >= 11 is 10.1. The molecule has 0 saturated heterocycles. The molecule has 0 aromatic heterocycles. The van der Waals surface area contributed by atoms with Crippen molar-refractivity contribution < 1.29 is 8.58 Å². The number of rotatable bonds is 2. The van der Waals surface area contributed by atoms with Gasteiger partial charge >= 0.3 is 0 Å². The smallest absolute Gasteiger partial charge is 0.146 e. The number of benzene rings is 1. The van der Waals surface area contributed by atoms with Crippen molar-refractivity contribution in [1.82, 2.24) is 0 Å². The summed E-state index contributed by atoms with van der Waals surface area (Å²) in [5.41, 5.74) is 0. The van der Waals surface area contributed by atoms with Gasteiger partial charge in [0, 0.05) is 0 Å². The van der Waals surface area contributed by atoms with Crippen LogP contribution in [0, 0.1) is 0 Å². The summed E-state index contributed by atoms with van der Waals surface area (Å²) in [6.07, 6.45) is 0. The second-order valence-electron chi connectivity index (χ2n) is 1.63. The van der Waals surface area contributed by atoms with E-state index in [2.05, 4.69) is 8.58 Å². The van der Waals surface area contributed by atoms with Gasteiger partial charge in [0.05, 0.1) is 0 Å². The molecule has 0 saturated carbocycles. The van der Waals surface area contributed by atoms with E-state index in [0.717, 1.165) is 0 Å². The predicted molar refractivity (Wildman–Crippen MR) is 39.4 cm³/mol. The molecule has 0 aliphatic heterocycles. The van der Waals surface area contributed by atoms with Gasteiger partial charge in [-0.2, -0.15) is 0 Å². The Bertz CT molecular complexity index is 174. The highest BCUT2D eigenvalue weighted by Crippen LogP contribution is 2.18. The van der Waals surface area contributed by atoms with E-state index in [9.17, 15) is 0 Å². The Kier molecular flexibility index (Phi) is 2.66. The van der Waals surface area contributed by atoms with E-state index in [1.54, 1.807) is 24.3 Å². The minimum absolute atomic E-state index is 0.555. The molecule has 54 valence electrons. The van der Waals surface area contributed by atoms with Crippen molar-refractivity contribution in [1.29, 1.82) is 0 Å². The van der Waals surface area contributed by atoms with Gasteiger partial charge in [0.1, 0.15) is 35.2 Å².